The summed E-state index contributed by atoms with van der Waals surface area (Å²) < 4.78 is 11.0. The molecule has 0 amide bonds. The maximum Gasteiger partial charge on any atom is 0.310 e. The van der Waals surface area contributed by atoms with Crippen LogP contribution in [0.4, 0.5) is 5.69 Å². The number of ether oxygens (including phenoxy) is 2. The Kier molecular flexibility index (Phi) is 10.2. The lowest BCUT2D eigenvalue weighted by Gasteiger charge is -2.08. The van der Waals surface area contributed by atoms with Crippen LogP contribution in [0.15, 0.2) is 54.6 Å². The van der Waals surface area contributed by atoms with Gasteiger partial charge in [-0.3, -0.25) is 4.79 Å². The number of para-hydroxylation sites is 1. The van der Waals surface area contributed by atoms with Crippen LogP contribution >= 0.6 is 0 Å². The van der Waals surface area contributed by atoms with E-state index in [9.17, 15) is 4.79 Å². The molecule has 0 unspecified atom stereocenters. The van der Waals surface area contributed by atoms with Gasteiger partial charge in [-0.15, -0.1) is 0 Å². The molecular weight excluding hydrogens is 350 g/mol. The number of carbonyl (C=O) groups is 1. The number of carbonyl (C=O) groups excluding carboxylic acids is 1. The van der Waals surface area contributed by atoms with Crippen LogP contribution in [0.2, 0.25) is 0 Å². The molecule has 152 valence electrons. The van der Waals surface area contributed by atoms with E-state index in [2.05, 4.69) is 26.2 Å². The van der Waals surface area contributed by atoms with Crippen molar-refractivity contribution in [3.8, 4) is 5.75 Å². The van der Waals surface area contributed by atoms with Crippen molar-refractivity contribution in [1.82, 2.24) is 0 Å². The van der Waals surface area contributed by atoms with Crippen LogP contribution in [0.25, 0.3) is 0 Å². The van der Waals surface area contributed by atoms with Crippen molar-refractivity contribution < 1.29 is 19.2 Å². The van der Waals surface area contributed by atoms with Crippen molar-refractivity contribution >= 4 is 11.7 Å². The molecule has 0 aliphatic carbocycles. The maximum atomic E-state index is 11.9. The van der Waals surface area contributed by atoms with Crippen molar-refractivity contribution in [2.45, 2.75) is 44.9 Å². The minimum absolute atomic E-state index is 0.136. The highest BCUT2D eigenvalue weighted by molar-refractivity contribution is 5.72. The molecule has 0 fully saturated rings. The molecule has 2 aromatic carbocycles. The average Bonchev–Trinajstić information content (AvgIpc) is 2.70. The van der Waals surface area contributed by atoms with Gasteiger partial charge in [0.25, 0.3) is 0 Å². The van der Waals surface area contributed by atoms with Crippen LogP contribution in [-0.2, 0) is 16.0 Å². The van der Waals surface area contributed by atoms with E-state index in [1.165, 1.54) is 29.8 Å². The van der Waals surface area contributed by atoms with Crippen molar-refractivity contribution in [2.75, 3.05) is 27.3 Å². The number of hydrogen-bond acceptors (Lipinski definition) is 3. The Morgan fingerprint density at radius 3 is 2.04 bits per heavy atom. The topological polar surface area (TPSA) is 40.0 Å². The SMILES string of the molecule is C[NH+](C)c1ccc(CC(=O)OCCCCCCCCOc2ccccc2)cc1. The molecule has 28 heavy (non-hydrogen) atoms. The molecule has 1 N–H and O–H groups in total. The van der Waals surface area contributed by atoms with Crippen LogP contribution in [-0.4, -0.2) is 33.3 Å². The molecule has 2 aromatic rings. The third-order valence-corrected chi connectivity index (χ3v) is 4.69. The van der Waals surface area contributed by atoms with E-state index in [0.29, 0.717) is 13.0 Å². The molecule has 0 spiro atoms. The summed E-state index contributed by atoms with van der Waals surface area (Å²) in [5, 5.41) is 0. The first-order chi connectivity index (χ1) is 13.6. The van der Waals surface area contributed by atoms with Crippen molar-refractivity contribution in [3.63, 3.8) is 0 Å². The molecule has 4 nitrogen and oxygen atoms in total. The standard InChI is InChI=1S/C24H33NO3/c1-25(2)22-16-14-21(15-17-22)20-24(26)28-19-11-6-4-3-5-10-18-27-23-12-8-7-9-13-23/h7-9,12-17H,3-6,10-11,18-20H2,1-2H3/p+1. The van der Waals surface area contributed by atoms with Gasteiger partial charge in [-0.2, -0.15) is 0 Å². The first-order valence-electron chi connectivity index (χ1n) is 10.4. The molecule has 4 heteroatoms. The molecule has 0 heterocycles. The lowest BCUT2D eigenvalue weighted by molar-refractivity contribution is -0.786. The van der Waals surface area contributed by atoms with Gasteiger partial charge >= 0.3 is 5.97 Å². The molecular formula is C24H34NO3+. The number of esters is 1. The average molecular weight is 385 g/mol. The molecule has 0 saturated heterocycles. The van der Waals surface area contributed by atoms with Crippen molar-refractivity contribution in [2.24, 2.45) is 0 Å². The highest BCUT2D eigenvalue weighted by atomic mass is 16.5. The van der Waals surface area contributed by atoms with Crippen LogP contribution in [0.1, 0.15) is 44.1 Å². The Bertz CT molecular complexity index is 668. The van der Waals surface area contributed by atoms with E-state index in [4.69, 9.17) is 9.47 Å². The molecule has 0 atom stereocenters. The lowest BCUT2D eigenvalue weighted by Crippen LogP contribution is -3.00. The fourth-order valence-electron chi connectivity index (χ4n) is 2.98. The Labute approximate surface area is 169 Å². The Morgan fingerprint density at radius 1 is 0.786 bits per heavy atom. The first-order valence-corrected chi connectivity index (χ1v) is 10.4. The zero-order chi connectivity index (χ0) is 20.0. The number of quaternary nitrogens is 1. The fraction of sp³-hybridized carbons (Fsp3) is 0.458. The second-order valence-electron chi connectivity index (χ2n) is 7.38. The monoisotopic (exact) mass is 384 g/mol. The normalized spacial score (nSPS) is 10.8. The smallest absolute Gasteiger partial charge is 0.310 e. The van der Waals surface area contributed by atoms with Crippen LogP contribution in [0.5, 0.6) is 5.75 Å². The second-order valence-corrected chi connectivity index (χ2v) is 7.38. The zero-order valence-electron chi connectivity index (χ0n) is 17.3. The van der Waals surface area contributed by atoms with E-state index in [1.807, 2.05) is 42.5 Å². The molecule has 0 radical (unpaired) electrons. The number of nitrogens with one attached hydrogen (secondary N) is 1. The quantitative estimate of drug-likeness (QED) is 0.420. The zero-order valence-corrected chi connectivity index (χ0v) is 17.3. The van der Waals surface area contributed by atoms with E-state index in [-0.39, 0.29) is 5.97 Å². The van der Waals surface area contributed by atoms with Crippen LogP contribution in [0.3, 0.4) is 0 Å². The van der Waals surface area contributed by atoms with Crippen LogP contribution < -0.4 is 9.64 Å². The maximum absolute atomic E-state index is 11.9. The van der Waals surface area contributed by atoms with E-state index >= 15 is 0 Å². The molecule has 0 aliphatic rings. The Balaban J connectivity index is 1.43. The molecule has 0 aliphatic heterocycles. The largest absolute Gasteiger partial charge is 0.494 e. The summed E-state index contributed by atoms with van der Waals surface area (Å²) in [7, 11) is 4.17. The summed E-state index contributed by atoms with van der Waals surface area (Å²) in [6, 6.07) is 18.1. The van der Waals surface area contributed by atoms with E-state index in [1.54, 1.807) is 0 Å². The van der Waals surface area contributed by atoms with Crippen molar-refractivity contribution in [3.05, 3.63) is 60.2 Å². The molecule has 0 aromatic heterocycles. The van der Waals surface area contributed by atoms with Gasteiger partial charge in [0.2, 0.25) is 0 Å². The Hall–Kier alpha value is -2.33. The predicted molar refractivity (Wildman–Crippen MR) is 113 cm³/mol. The van der Waals surface area contributed by atoms with Gasteiger partial charge in [0.15, 0.2) is 0 Å². The number of rotatable bonds is 13. The van der Waals surface area contributed by atoms with Crippen LogP contribution in [0, 0.1) is 0 Å². The molecule has 0 bridgehead atoms. The minimum Gasteiger partial charge on any atom is -0.494 e. The number of hydrogen-bond donors (Lipinski definition) is 1. The molecule has 0 saturated carbocycles. The summed E-state index contributed by atoms with van der Waals surface area (Å²) in [6.45, 7) is 1.30. The summed E-state index contributed by atoms with van der Waals surface area (Å²) in [4.78, 5) is 13.2. The van der Waals surface area contributed by atoms with Gasteiger partial charge in [-0.05, 0) is 42.7 Å². The third-order valence-electron chi connectivity index (χ3n) is 4.69. The molecule has 2 rings (SSSR count). The highest BCUT2D eigenvalue weighted by Crippen LogP contribution is 2.11. The van der Waals surface area contributed by atoms with Crippen molar-refractivity contribution in [1.29, 1.82) is 0 Å². The summed E-state index contributed by atoms with van der Waals surface area (Å²) in [6.07, 6.45) is 7.03. The highest BCUT2D eigenvalue weighted by Gasteiger charge is 2.06. The third kappa shape index (κ3) is 9.05. The van der Waals surface area contributed by atoms with Gasteiger partial charge in [0.05, 0.1) is 33.7 Å². The second kappa shape index (κ2) is 12.9. The van der Waals surface area contributed by atoms with Gasteiger partial charge in [0.1, 0.15) is 11.4 Å². The van der Waals surface area contributed by atoms with Gasteiger partial charge in [-0.1, -0.05) is 56.0 Å². The predicted octanol–water partition coefficient (Wildman–Crippen LogP) is 3.97. The van der Waals surface area contributed by atoms with Gasteiger partial charge < -0.3 is 14.4 Å². The number of unbranched alkanes of at least 4 members (excludes halogenated alkanes) is 5. The fourth-order valence-corrected chi connectivity index (χ4v) is 2.98. The van der Waals surface area contributed by atoms with Gasteiger partial charge in [0, 0.05) is 0 Å². The summed E-state index contributed by atoms with van der Waals surface area (Å²) in [5.41, 5.74) is 2.22. The first kappa shape index (κ1) is 22.0. The summed E-state index contributed by atoms with van der Waals surface area (Å²) >= 11 is 0. The lowest BCUT2D eigenvalue weighted by atomic mass is 10.1. The van der Waals surface area contributed by atoms with E-state index in [0.717, 1.165) is 37.2 Å². The van der Waals surface area contributed by atoms with Gasteiger partial charge in [-0.25, -0.2) is 0 Å². The Morgan fingerprint density at radius 2 is 1.39 bits per heavy atom. The van der Waals surface area contributed by atoms with E-state index < -0.39 is 0 Å². The minimum atomic E-state index is -0.136. The summed E-state index contributed by atoms with van der Waals surface area (Å²) in [5.74, 6) is 0.807. The number of benzene rings is 2.